The first kappa shape index (κ1) is 17.0. The molecule has 0 amide bonds. The van der Waals surface area contributed by atoms with Crippen LogP contribution in [0, 0.1) is 0 Å². The molecule has 0 spiro atoms. The highest BCUT2D eigenvalue weighted by Gasteiger charge is 2.23. The van der Waals surface area contributed by atoms with Gasteiger partial charge < -0.3 is 16.2 Å². The summed E-state index contributed by atoms with van der Waals surface area (Å²) >= 11 is 1.41. The first-order valence-corrected chi connectivity index (χ1v) is 9.58. The monoisotopic (exact) mass is 366 g/mol. The molecule has 2 aromatic carbocycles. The molecule has 1 atom stereocenters. The molecule has 4 rings (SSSR count). The lowest BCUT2D eigenvalue weighted by Crippen LogP contribution is -2.07. The van der Waals surface area contributed by atoms with E-state index in [1.807, 2.05) is 32.0 Å². The van der Waals surface area contributed by atoms with Gasteiger partial charge in [-0.2, -0.15) is 4.37 Å². The number of hydrogen-bond donors (Lipinski definition) is 2. The highest BCUT2D eigenvalue weighted by Crippen LogP contribution is 2.38. The van der Waals surface area contributed by atoms with E-state index in [0.717, 1.165) is 29.0 Å². The summed E-state index contributed by atoms with van der Waals surface area (Å²) in [6, 6.07) is 12.1. The topological polar surface area (TPSA) is 87.0 Å². The second kappa shape index (κ2) is 6.70. The lowest BCUT2D eigenvalue weighted by atomic mass is 10.0. The first-order valence-electron chi connectivity index (χ1n) is 8.81. The number of ether oxygens (including phenoxy) is 1. The van der Waals surface area contributed by atoms with Gasteiger partial charge >= 0.3 is 0 Å². The number of anilines is 1. The van der Waals surface area contributed by atoms with Gasteiger partial charge in [0, 0.05) is 17.2 Å². The van der Waals surface area contributed by atoms with Gasteiger partial charge in [0.2, 0.25) is 0 Å². The van der Waals surface area contributed by atoms with Crippen LogP contribution in [0.15, 0.2) is 36.4 Å². The zero-order chi connectivity index (χ0) is 18.3. The molecular weight excluding hydrogens is 344 g/mol. The molecule has 5 nitrogen and oxygen atoms in total. The van der Waals surface area contributed by atoms with Gasteiger partial charge in [0.05, 0.1) is 11.8 Å². The van der Waals surface area contributed by atoms with Crippen molar-refractivity contribution < 1.29 is 4.74 Å². The molecule has 1 aromatic heterocycles. The Morgan fingerprint density at radius 2 is 2.08 bits per heavy atom. The summed E-state index contributed by atoms with van der Waals surface area (Å²) in [4.78, 5) is 4.76. The van der Waals surface area contributed by atoms with Crippen molar-refractivity contribution in [3.63, 3.8) is 0 Å². The Kier molecular flexibility index (Phi) is 4.38. The second-order valence-corrected chi connectivity index (χ2v) is 7.61. The van der Waals surface area contributed by atoms with Crippen molar-refractivity contribution in [3.05, 3.63) is 47.5 Å². The van der Waals surface area contributed by atoms with Crippen LogP contribution in [-0.2, 0) is 6.42 Å². The number of aromatic nitrogens is 2. The summed E-state index contributed by atoms with van der Waals surface area (Å²) in [5.74, 6) is 1.38. The third-order valence-corrected chi connectivity index (χ3v) is 5.35. The van der Waals surface area contributed by atoms with E-state index in [1.54, 1.807) is 0 Å². The number of nitrogens with zero attached hydrogens (tertiary/aromatic N) is 2. The van der Waals surface area contributed by atoms with Crippen molar-refractivity contribution in [1.82, 2.24) is 9.36 Å². The third-order valence-electron chi connectivity index (χ3n) is 4.60. The van der Waals surface area contributed by atoms with E-state index < -0.39 is 0 Å². The Hall–Kier alpha value is -2.44. The minimum Gasteiger partial charge on any atom is -0.489 e. The zero-order valence-electron chi connectivity index (χ0n) is 14.9. The number of hydrogen-bond acceptors (Lipinski definition) is 6. The summed E-state index contributed by atoms with van der Waals surface area (Å²) in [5.41, 5.74) is 17.5. The van der Waals surface area contributed by atoms with Crippen molar-refractivity contribution in [3.8, 4) is 27.7 Å². The van der Waals surface area contributed by atoms with Crippen molar-refractivity contribution in [2.75, 3.05) is 5.73 Å². The minimum atomic E-state index is 0.0821. The summed E-state index contributed by atoms with van der Waals surface area (Å²) < 4.78 is 10.2. The molecule has 0 bridgehead atoms. The Morgan fingerprint density at radius 3 is 2.85 bits per heavy atom. The third kappa shape index (κ3) is 3.06. The van der Waals surface area contributed by atoms with E-state index in [1.165, 1.54) is 22.7 Å². The number of benzene rings is 2. The molecule has 0 saturated carbocycles. The van der Waals surface area contributed by atoms with Gasteiger partial charge in [0.15, 0.2) is 5.82 Å². The standard InChI is InChI=1S/C20H22N4OS/c1-11(2)25-18-9-6-12(10-17(18)22)19-23-20(26-24-19)15-5-3-4-14-13(15)7-8-16(14)21/h3-6,9-11,16H,7-8,21-22H2,1-2H3/t16-/m0/s1. The highest BCUT2D eigenvalue weighted by molar-refractivity contribution is 7.09. The number of fused-ring (bicyclic) bond motifs is 1. The van der Waals surface area contributed by atoms with Gasteiger partial charge in [0.1, 0.15) is 10.8 Å². The fourth-order valence-electron chi connectivity index (χ4n) is 3.39. The molecule has 134 valence electrons. The quantitative estimate of drug-likeness (QED) is 0.676. The maximum Gasteiger partial charge on any atom is 0.173 e. The molecule has 3 aromatic rings. The van der Waals surface area contributed by atoms with Crippen molar-refractivity contribution in [2.24, 2.45) is 5.73 Å². The maximum absolute atomic E-state index is 6.20. The van der Waals surface area contributed by atoms with E-state index in [9.17, 15) is 0 Å². The molecule has 0 aliphatic heterocycles. The molecule has 0 saturated heterocycles. The molecule has 6 heteroatoms. The Labute approximate surface area is 157 Å². The number of nitrogens with two attached hydrogens (primary N) is 2. The summed E-state index contributed by atoms with van der Waals surface area (Å²) in [6.45, 7) is 3.96. The first-order chi connectivity index (χ1) is 12.5. The molecule has 1 aliphatic carbocycles. The lowest BCUT2D eigenvalue weighted by molar-refractivity contribution is 0.244. The van der Waals surface area contributed by atoms with E-state index in [2.05, 4.69) is 22.6 Å². The molecule has 0 radical (unpaired) electrons. The van der Waals surface area contributed by atoms with Gasteiger partial charge in [-0.05, 0) is 67.5 Å². The molecule has 4 N–H and O–H groups in total. The van der Waals surface area contributed by atoms with Crippen LogP contribution in [0.4, 0.5) is 5.69 Å². The average molecular weight is 366 g/mol. The Balaban J connectivity index is 1.67. The highest BCUT2D eigenvalue weighted by atomic mass is 32.1. The van der Waals surface area contributed by atoms with Crippen LogP contribution in [0.3, 0.4) is 0 Å². The maximum atomic E-state index is 6.20. The average Bonchev–Trinajstić information content (AvgIpc) is 3.24. The minimum absolute atomic E-state index is 0.0821. The molecule has 26 heavy (non-hydrogen) atoms. The van der Waals surface area contributed by atoms with E-state index >= 15 is 0 Å². The van der Waals surface area contributed by atoms with Crippen molar-refractivity contribution >= 4 is 17.2 Å². The summed E-state index contributed by atoms with van der Waals surface area (Å²) in [6.07, 6.45) is 2.07. The van der Waals surface area contributed by atoms with Crippen LogP contribution in [0.2, 0.25) is 0 Å². The predicted octanol–water partition coefficient (Wildman–Crippen LogP) is 4.19. The Morgan fingerprint density at radius 1 is 1.23 bits per heavy atom. The predicted molar refractivity (Wildman–Crippen MR) is 106 cm³/mol. The summed E-state index contributed by atoms with van der Waals surface area (Å²) in [5, 5.41) is 0.923. The van der Waals surface area contributed by atoms with Crippen LogP contribution in [0.25, 0.3) is 22.0 Å². The second-order valence-electron chi connectivity index (χ2n) is 6.86. The molecule has 0 fully saturated rings. The largest absolute Gasteiger partial charge is 0.489 e. The molecule has 1 aliphatic rings. The van der Waals surface area contributed by atoms with Gasteiger partial charge in [-0.15, -0.1) is 0 Å². The fraction of sp³-hybridized carbons (Fsp3) is 0.300. The normalized spacial score (nSPS) is 16.1. The fourth-order valence-corrected chi connectivity index (χ4v) is 4.12. The van der Waals surface area contributed by atoms with Crippen LogP contribution >= 0.6 is 11.5 Å². The molecule has 1 heterocycles. The van der Waals surface area contributed by atoms with Crippen LogP contribution in [0.5, 0.6) is 5.75 Å². The van der Waals surface area contributed by atoms with Crippen LogP contribution in [0.1, 0.15) is 37.4 Å². The number of rotatable bonds is 4. The smallest absolute Gasteiger partial charge is 0.173 e. The molecule has 0 unspecified atom stereocenters. The Bertz CT molecular complexity index is 951. The van der Waals surface area contributed by atoms with Gasteiger partial charge in [-0.25, -0.2) is 4.98 Å². The molecular formula is C20H22N4OS. The zero-order valence-corrected chi connectivity index (χ0v) is 15.7. The van der Waals surface area contributed by atoms with E-state index in [-0.39, 0.29) is 12.1 Å². The van der Waals surface area contributed by atoms with Crippen LogP contribution in [-0.4, -0.2) is 15.5 Å². The van der Waals surface area contributed by atoms with Crippen LogP contribution < -0.4 is 16.2 Å². The van der Waals surface area contributed by atoms with Gasteiger partial charge in [0.25, 0.3) is 0 Å². The summed E-state index contributed by atoms with van der Waals surface area (Å²) in [7, 11) is 0. The van der Waals surface area contributed by atoms with Crippen molar-refractivity contribution in [1.29, 1.82) is 0 Å². The van der Waals surface area contributed by atoms with Crippen molar-refractivity contribution in [2.45, 2.75) is 38.8 Å². The number of nitrogen functional groups attached to an aromatic ring is 1. The van der Waals surface area contributed by atoms with Gasteiger partial charge in [-0.3, -0.25) is 0 Å². The van der Waals surface area contributed by atoms with E-state index in [4.69, 9.17) is 21.2 Å². The van der Waals surface area contributed by atoms with E-state index in [0.29, 0.717) is 17.3 Å². The van der Waals surface area contributed by atoms with Gasteiger partial charge in [-0.1, -0.05) is 18.2 Å². The lowest BCUT2D eigenvalue weighted by Gasteiger charge is -2.12. The SMILES string of the molecule is CC(C)Oc1ccc(-c2nsc(-c3cccc4c3CC[C@@H]4N)n2)cc1N.